The highest BCUT2D eigenvalue weighted by Crippen LogP contribution is 2.39. The van der Waals surface area contributed by atoms with Gasteiger partial charge in [-0.25, -0.2) is 9.97 Å². The zero-order valence-corrected chi connectivity index (χ0v) is 19.5. The van der Waals surface area contributed by atoms with Gasteiger partial charge in [-0.1, -0.05) is 41.0 Å². The minimum absolute atomic E-state index is 0.0562. The van der Waals surface area contributed by atoms with E-state index in [-0.39, 0.29) is 32.4 Å². The van der Waals surface area contributed by atoms with Crippen molar-refractivity contribution in [2.75, 3.05) is 11.6 Å². The lowest BCUT2D eigenvalue weighted by Gasteiger charge is -2.14. The number of hydrogen-bond donors (Lipinski definition) is 2. The molecule has 0 aliphatic heterocycles. The monoisotopic (exact) mass is 524 g/mol. The molecule has 0 saturated carbocycles. The Morgan fingerprint density at radius 3 is 2.62 bits per heavy atom. The average molecular weight is 525 g/mol. The smallest absolute Gasteiger partial charge is 0.321 e. The van der Waals surface area contributed by atoms with Crippen molar-refractivity contribution >= 4 is 57.6 Å². The average Bonchev–Trinajstić information content (AvgIpc) is 2.80. The highest BCUT2D eigenvalue weighted by Gasteiger charge is 2.31. The number of rotatable bonds is 4. The quantitative estimate of drug-likeness (QED) is 0.242. The fourth-order valence-corrected chi connectivity index (χ4v) is 4.15. The molecule has 4 rings (SSSR count). The molecule has 6 nitrogen and oxygen atoms in total. The Morgan fingerprint density at radius 1 is 1.15 bits per heavy atom. The predicted molar refractivity (Wildman–Crippen MR) is 127 cm³/mol. The number of carbonyl (C=O) groups excluding carboxylic acids is 1. The Morgan fingerprint density at radius 2 is 1.91 bits per heavy atom. The maximum Gasteiger partial charge on any atom is 0.416 e. The predicted octanol–water partition coefficient (Wildman–Crippen LogP) is 6.28. The Kier molecular flexibility index (Phi) is 6.57. The molecular formula is C22H13Cl2F3N4O2S. The molecule has 174 valence electrons. The number of hydrogen-bond acceptors (Lipinski definition) is 5. The van der Waals surface area contributed by atoms with Gasteiger partial charge in [-0.15, -0.1) is 0 Å². The molecule has 0 unspecified atom stereocenters. The summed E-state index contributed by atoms with van der Waals surface area (Å²) >= 11 is 14.1. The summed E-state index contributed by atoms with van der Waals surface area (Å²) < 4.78 is 39.0. The van der Waals surface area contributed by atoms with Gasteiger partial charge in [-0.2, -0.15) is 13.2 Å². The Bertz CT molecular complexity index is 1490. The first kappa shape index (κ1) is 24.1. The van der Waals surface area contributed by atoms with E-state index in [1.54, 1.807) is 6.26 Å². The number of amides is 1. The normalized spacial score (nSPS) is 11.6. The van der Waals surface area contributed by atoms with Crippen LogP contribution in [0.3, 0.4) is 0 Å². The van der Waals surface area contributed by atoms with Gasteiger partial charge in [0, 0.05) is 22.7 Å². The Labute approximate surface area is 204 Å². The molecule has 0 saturated heterocycles. The molecule has 0 fully saturated rings. The number of aromatic nitrogens is 3. The van der Waals surface area contributed by atoms with E-state index < -0.39 is 23.2 Å². The van der Waals surface area contributed by atoms with Gasteiger partial charge in [0.05, 0.1) is 26.9 Å². The molecule has 2 aromatic carbocycles. The molecular weight excluding hydrogens is 512 g/mol. The van der Waals surface area contributed by atoms with Crippen LogP contribution in [0, 0.1) is 0 Å². The second-order valence-electron chi connectivity index (χ2n) is 6.99. The van der Waals surface area contributed by atoms with Gasteiger partial charge in [0.1, 0.15) is 5.65 Å². The van der Waals surface area contributed by atoms with Gasteiger partial charge in [-0.3, -0.25) is 9.59 Å². The van der Waals surface area contributed by atoms with Gasteiger partial charge in [-0.05, 0) is 42.7 Å². The van der Waals surface area contributed by atoms with Crippen molar-refractivity contribution in [1.29, 1.82) is 0 Å². The van der Waals surface area contributed by atoms with Crippen molar-refractivity contribution in [2.45, 2.75) is 11.3 Å². The van der Waals surface area contributed by atoms with Crippen LogP contribution in [0.15, 0.2) is 58.6 Å². The summed E-state index contributed by atoms with van der Waals surface area (Å²) in [6.45, 7) is 0. The van der Waals surface area contributed by atoms with Crippen molar-refractivity contribution in [2.24, 2.45) is 0 Å². The van der Waals surface area contributed by atoms with Gasteiger partial charge in [0.25, 0.3) is 11.5 Å². The maximum atomic E-state index is 13.0. The molecule has 12 heteroatoms. The number of H-pyrrole nitrogens is 1. The summed E-state index contributed by atoms with van der Waals surface area (Å²) in [7, 11) is 0. The molecule has 0 radical (unpaired) electrons. The number of thioether (sulfide) groups is 1. The number of fused-ring (bicyclic) bond motifs is 1. The number of carbonyl (C=O) groups is 1. The zero-order valence-electron chi connectivity index (χ0n) is 17.1. The standard InChI is InChI=1S/C22H13Cl2F3N4O2S/c1-34-21-28-9-11-8-13(20(33)30-18(11)31-21)16-14(23)5-6-15(17(16)24)29-19(32)10-3-2-4-12(7-10)22(25,26)27/h2-9H,1H3,(H,29,32)(H,28,30,31,33). The van der Waals surface area contributed by atoms with Gasteiger partial charge < -0.3 is 10.3 Å². The molecule has 0 aliphatic carbocycles. The topological polar surface area (TPSA) is 87.7 Å². The third-order valence-electron chi connectivity index (χ3n) is 4.81. The number of halogens is 5. The molecule has 0 aliphatic rings. The van der Waals surface area contributed by atoms with Crippen molar-refractivity contribution in [1.82, 2.24) is 15.0 Å². The van der Waals surface area contributed by atoms with Crippen molar-refractivity contribution in [3.63, 3.8) is 0 Å². The highest BCUT2D eigenvalue weighted by molar-refractivity contribution is 7.98. The third-order valence-corrected chi connectivity index (χ3v) is 6.08. The lowest BCUT2D eigenvalue weighted by Crippen LogP contribution is -2.15. The molecule has 0 bridgehead atoms. The first-order chi connectivity index (χ1) is 16.1. The van der Waals surface area contributed by atoms with Crippen LogP contribution < -0.4 is 10.9 Å². The second kappa shape index (κ2) is 9.28. The van der Waals surface area contributed by atoms with E-state index in [4.69, 9.17) is 23.2 Å². The summed E-state index contributed by atoms with van der Waals surface area (Å²) in [5.41, 5.74) is -1.06. The van der Waals surface area contributed by atoms with Crippen LogP contribution in [-0.4, -0.2) is 27.1 Å². The molecule has 4 aromatic rings. The number of alkyl halides is 3. The van der Waals surface area contributed by atoms with Crippen LogP contribution in [0.4, 0.5) is 18.9 Å². The summed E-state index contributed by atoms with van der Waals surface area (Å²) in [6, 6.07) is 8.30. The minimum atomic E-state index is -4.60. The number of nitrogens with one attached hydrogen (secondary N) is 2. The first-order valence-corrected chi connectivity index (χ1v) is 11.5. The molecule has 2 heterocycles. The largest absolute Gasteiger partial charge is 0.416 e. The second-order valence-corrected chi connectivity index (χ2v) is 8.55. The van der Waals surface area contributed by atoms with E-state index in [1.165, 1.54) is 42.2 Å². The maximum absolute atomic E-state index is 13.0. The van der Waals surface area contributed by atoms with Gasteiger partial charge in [0.15, 0.2) is 5.16 Å². The zero-order chi connectivity index (χ0) is 24.6. The van der Waals surface area contributed by atoms with Crippen molar-refractivity contribution in [3.05, 3.63) is 80.2 Å². The van der Waals surface area contributed by atoms with E-state index >= 15 is 0 Å². The van der Waals surface area contributed by atoms with E-state index in [1.807, 2.05) is 0 Å². The Balaban J connectivity index is 1.74. The van der Waals surface area contributed by atoms with Crippen LogP contribution in [-0.2, 0) is 6.18 Å². The molecule has 0 atom stereocenters. The number of aromatic amines is 1. The number of pyridine rings is 1. The van der Waals surface area contributed by atoms with Crippen LogP contribution in [0.1, 0.15) is 15.9 Å². The van der Waals surface area contributed by atoms with Crippen LogP contribution >= 0.6 is 35.0 Å². The van der Waals surface area contributed by atoms with Gasteiger partial charge in [0.2, 0.25) is 0 Å². The Hall–Kier alpha value is -3.08. The van der Waals surface area contributed by atoms with E-state index in [0.717, 1.165) is 18.2 Å². The van der Waals surface area contributed by atoms with Crippen LogP contribution in [0.25, 0.3) is 22.2 Å². The van der Waals surface area contributed by atoms with E-state index in [2.05, 4.69) is 20.3 Å². The van der Waals surface area contributed by atoms with Crippen LogP contribution in [0.5, 0.6) is 0 Å². The molecule has 2 N–H and O–H groups in total. The van der Waals surface area contributed by atoms with E-state index in [0.29, 0.717) is 16.2 Å². The van der Waals surface area contributed by atoms with E-state index in [9.17, 15) is 22.8 Å². The summed E-state index contributed by atoms with van der Waals surface area (Å²) in [5, 5.41) is 3.56. The summed E-state index contributed by atoms with van der Waals surface area (Å²) in [4.78, 5) is 36.5. The molecule has 1 amide bonds. The fourth-order valence-electron chi connectivity index (χ4n) is 3.19. The number of nitrogens with zero attached hydrogens (tertiary/aromatic N) is 2. The third kappa shape index (κ3) is 4.75. The number of benzene rings is 2. The highest BCUT2D eigenvalue weighted by atomic mass is 35.5. The SMILES string of the molecule is CSc1ncc2cc(-c3c(Cl)ccc(NC(=O)c4cccc(C(F)(F)F)c4)c3Cl)c(=O)[nH]c2n1. The van der Waals surface area contributed by atoms with Gasteiger partial charge >= 0.3 is 6.18 Å². The lowest BCUT2D eigenvalue weighted by molar-refractivity contribution is -0.137. The fraction of sp³-hybridized carbons (Fsp3) is 0.0909. The first-order valence-electron chi connectivity index (χ1n) is 9.49. The number of anilines is 1. The minimum Gasteiger partial charge on any atom is -0.321 e. The van der Waals surface area contributed by atoms with Crippen molar-refractivity contribution < 1.29 is 18.0 Å². The molecule has 34 heavy (non-hydrogen) atoms. The molecule has 0 spiro atoms. The van der Waals surface area contributed by atoms with Crippen molar-refractivity contribution in [3.8, 4) is 11.1 Å². The molecule has 2 aromatic heterocycles. The summed E-state index contributed by atoms with van der Waals surface area (Å²) in [5.74, 6) is -0.813. The van der Waals surface area contributed by atoms with Crippen LogP contribution in [0.2, 0.25) is 10.0 Å². The lowest BCUT2D eigenvalue weighted by atomic mass is 10.0. The summed E-state index contributed by atoms with van der Waals surface area (Å²) in [6.07, 6.45) is -1.26.